The molecule has 3 atom stereocenters. The predicted octanol–water partition coefficient (Wildman–Crippen LogP) is 2.09. The summed E-state index contributed by atoms with van der Waals surface area (Å²) >= 11 is 0. The fourth-order valence-electron chi connectivity index (χ4n) is 3.15. The van der Waals surface area contributed by atoms with Gasteiger partial charge in [-0.1, -0.05) is 12.8 Å². The van der Waals surface area contributed by atoms with Crippen LogP contribution in [-0.4, -0.2) is 37.3 Å². The molecule has 0 amide bonds. The van der Waals surface area contributed by atoms with E-state index in [-0.39, 0.29) is 5.92 Å². The first-order chi connectivity index (χ1) is 7.85. The van der Waals surface area contributed by atoms with Gasteiger partial charge in [0.1, 0.15) is 0 Å². The van der Waals surface area contributed by atoms with E-state index >= 15 is 0 Å². The maximum atomic E-state index is 8.95. The molecule has 16 heavy (non-hydrogen) atoms. The number of hydrogen-bond acceptors (Lipinski definition) is 3. The van der Waals surface area contributed by atoms with Gasteiger partial charge in [-0.25, -0.2) is 0 Å². The van der Waals surface area contributed by atoms with E-state index in [0.29, 0.717) is 12.0 Å². The van der Waals surface area contributed by atoms with Crippen molar-refractivity contribution >= 4 is 6.21 Å². The molecule has 0 aromatic carbocycles. The summed E-state index contributed by atoms with van der Waals surface area (Å²) in [5, 5.41) is 8.95. The molecule has 3 heteroatoms. The molecule has 2 rings (SSSR count). The van der Waals surface area contributed by atoms with E-state index in [9.17, 15) is 0 Å². The van der Waals surface area contributed by atoms with Gasteiger partial charge in [0.25, 0.3) is 0 Å². The summed E-state index contributed by atoms with van der Waals surface area (Å²) in [4.78, 5) is 6.73. The Morgan fingerprint density at radius 1 is 1.31 bits per heavy atom. The summed E-state index contributed by atoms with van der Waals surface area (Å²) in [5.74, 6) is 0.886. The lowest BCUT2D eigenvalue weighted by Gasteiger charge is -2.36. The number of rotatable bonds is 2. The Labute approximate surface area is 98.2 Å². The number of nitrogens with zero attached hydrogens (tertiary/aromatic N) is 3. The lowest BCUT2D eigenvalue weighted by atomic mass is 9.84. The molecule has 0 bridgehead atoms. The van der Waals surface area contributed by atoms with Crippen molar-refractivity contribution in [2.75, 3.05) is 20.1 Å². The van der Waals surface area contributed by atoms with Crippen molar-refractivity contribution in [1.82, 2.24) is 4.90 Å². The minimum atomic E-state index is 0.265. The van der Waals surface area contributed by atoms with Crippen LogP contribution >= 0.6 is 0 Å². The molecule has 0 aromatic heterocycles. The van der Waals surface area contributed by atoms with Gasteiger partial charge >= 0.3 is 0 Å². The van der Waals surface area contributed by atoms with Crippen LogP contribution in [0.5, 0.6) is 0 Å². The molecule has 2 fully saturated rings. The second-order valence-corrected chi connectivity index (χ2v) is 5.03. The van der Waals surface area contributed by atoms with Crippen molar-refractivity contribution in [2.45, 2.75) is 38.1 Å². The molecule has 2 aliphatic rings. The SMILES string of the molecule is CN=CC1CCCC[C@@H]1N1CC[C@@H](C#N)C1. The standard InChI is InChI=1S/C13H21N3/c1-15-9-12-4-2-3-5-13(12)16-7-6-11(8-14)10-16/h9,11-13H,2-7,10H2,1H3/t11-,12?,13-/m0/s1. The molecular formula is C13H21N3. The van der Waals surface area contributed by atoms with Gasteiger partial charge in [0.15, 0.2) is 0 Å². The summed E-state index contributed by atoms with van der Waals surface area (Å²) in [6.07, 6.45) is 8.42. The largest absolute Gasteiger partial charge is 0.301 e. The van der Waals surface area contributed by atoms with Gasteiger partial charge in [-0.05, 0) is 25.8 Å². The van der Waals surface area contributed by atoms with E-state index in [1.807, 2.05) is 7.05 Å². The van der Waals surface area contributed by atoms with Crippen molar-refractivity contribution in [2.24, 2.45) is 16.8 Å². The van der Waals surface area contributed by atoms with Crippen molar-refractivity contribution in [3.05, 3.63) is 0 Å². The summed E-state index contributed by atoms with van der Waals surface area (Å²) in [5.41, 5.74) is 0. The first kappa shape index (κ1) is 11.6. The Hall–Kier alpha value is -0.880. The molecule has 1 unspecified atom stereocenters. The van der Waals surface area contributed by atoms with Gasteiger partial charge in [0.05, 0.1) is 12.0 Å². The Morgan fingerprint density at radius 2 is 2.12 bits per heavy atom. The summed E-state index contributed by atoms with van der Waals surface area (Å²) in [7, 11) is 1.87. The molecule has 1 heterocycles. The first-order valence-corrected chi connectivity index (χ1v) is 6.41. The normalized spacial score (nSPS) is 36.6. The minimum absolute atomic E-state index is 0.265. The fraction of sp³-hybridized carbons (Fsp3) is 0.846. The van der Waals surface area contributed by atoms with Crippen molar-refractivity contribution < 1.29 is 0 Å². The zero-order chi connectivity index (χ0) is 11.4. The first-order valence-electron chi connectivity index (χ1n) is 6.41. The van der Waals surface area contributed by atoms with E-state index in [4.69, 9.17) is 5.26 Å². The minimum Gasteiger partial charge on any atom is -0.301 e. The van der Waals surface area contributed by atoms with Crippen LogP contribution < -0.4 is 0 Å². The van der Waals surface area contributed by atoms with Gasteiger partial charge in [0, 0.05) is 31.8 Å². The third-order valence-corrected chi connectivity index (χ3v) is 3.99. The molecule has 3 nitrogen and oxygen atoms in total. The monoisotopic (exact) mass is 219 g/mol. The van der Waals surface area contributed by atoms with Gasteiger partial charge in [-0.3, -0.25) is 4.90 Å². The quantitative estimate of drug-likeness (QED) is 0.667. The molecule has 1 saturated heterocycles. The zero-order valence-corrected chi connectivity index (χ0v) is 10.1. The molecule has 0 spiro atoms. The molecule has 1 saturated carbocycles. The highest BCUT2D eigenvalue weighted by molar-refractivity contribution is 5.61. The highest BCUT2D eigenvalue weighted by Gasteiger charge is 2.33. The van der Waals surface area contributed by atoms with E-state index in [0.717, 1.165) is 19.5 Å². The summed E-state index contributed by atoms with van der Waals surface area (Å²) in [6, 6.07) is 3.05. The lowest BCUT2D eigenvalue weighted by Crippen LogP contribution is -2.41. The number of hydrogen-bond donors (Lipinski definition) is 0. The Bertz CT molecular complexity index is 292. The molecule has 1 aliphatic heterocycles. The second-order valence-electron chi connectivity index (χ2n) is 5.03. The van der Waals surface area contributed by atoms with Crippen LogP contribution in [0.4, 0.5) is 0 Å². The lowest BCUT2D eigenvalue weighted by molar-refractivity contribution is 0.161. The Balaban J connectivity index is 1.98. The second kappa shape index (κ2) is 5.45. The van der Waals surface area contributed by atoms with Crippen LogP contribution in [0.25, 0.3) is 0 Å². The Morgan fingerprint density at radius 3 is 2.81 bits per heavy atom. The maximum Gasteiger partial charge on any atom is 0.0669 e. The molecule has 0 N–H and O–H groups in total. The molecule has 0 aromatic rings. The molecule has 88 valence electrons. The van der Waals surface area contributed by atoms with Gasteiger partial charge in [0.2, 0.25) is 0 Å². The fourth-order valence-corrected chi connectivity index (χ4v) is 3.15. The van der Waals surface area contributed by atoms with Crippen LogP contribution in [0.3, 0.4) is 0 Å². The zero-order valence-electron chi connectivity index (χ0n) is 10.1. The van der Waals surface area contributed by atoms with Crippen LogP contribution in [-0.2, 0) is 0 Å². The molecule has 1 aliphatic carbocycles. The number of likely N-dealkylation sites (tertiary alicyclic amines) is 1. The summed E-state index contributed by atoms with van der Waals surface area (Å²) in [6.45, 7) is 2.09. The topological polar surface area (TPSA) is 39.4 Å². The third-order valence-electron chi connectivity index (χ3n) is 3.99. The summed E-state index contributed by atoms with van der Waals surface area (Å²) < 4.78 is 0. The van der Waals surface area contributed by atoms with Crippen molar-refractivity contribution in [3.8, 4) is 6.07 Å². The molecule has 0 radical (unpaired) electrons. The van der Waals surface area contributed by atoms with E-state index in [2.05, 4.69) is 22.2 Å². The van der Waals surface area contributed by atoms with Crippen LogP contribution in [0.1, 0.15) is 32.1 Å². The van der Waals surface area contributed by atoms with E-state index in [1.165, 1.54) is 25.7 Å². The predicted molar refractivity (Wildman–Crippen MR) is 65.5 cm³/mol. The van der Waals surface area contributed by atoms with Crippen LogP contribution in [0, 0.1) is 23.2 Å². The average molecular weight is 219 g/mol. The van der Waals surface area contributed by atoms with Gasteiger partial charge in [-0.2, -0.15) is 5.26 Å². The number of aliphatic imine (C=N–C) groups is 1. The van der Waals surface area contributed by atoms with Crippen LogP contribution in [0.2, 0.25) is 0 Å². The third kappa shape index (κ3) is 2.44. The van der Waals surface area contributed by atoms with Crippen molar-refractivity contribution in [3.63, 3.8) is 0 Å². The number of nitriles is 1. The van der Waals surface area contributed by atoms with E-state index < -0.39 is 0 Å². The average Bonchev–Trinajstić information content (AvgIpc) is 2.79. The highest BCUT2D eigenvalue weighted by atomic mass is 15.2. The van der Waals surface area contributed by atoms with E-state index in [1.54, 1.807) is 0 Å². The Kier molecular flexibility index (Phi) is 3.95. The maximum absolute atomic E-state index is 8.95. The highest BCUT2D eigenvalue weighted by Crippen LogP contribution is 2.30. The smallest absolute Gasteiger partial charge is 0.0669 e. The van der Waals surface area contributed by atoms with Crippen molar-refractivity contribution in [1.29, 1.82) is 5.26 Å². The van der Waals surface area contributed by atoms with Crippen LogP contribution in [0.15, 0.2) is 4.99 Å². The van der Waals surface area contributed by atoms with Gasteiger partial charge < -0.3 is 4.99 Å². The molecular weight excluding hydrogens is 198 g/mol. The van der Waals surface area contributed by atoms with Gasteiger partial charge in [-0.15, -0.1) is 0 Å².